The number of aryl methyl sites for hydroxylation is 1. The summed E-state index contributed by atoms with van der Waals surface area (Å²) in [4.78, 5) is 8.08. The fourth-order valence-corrected chi connectivity index (χ4v) is 1.91. The van der Waals surface area contributed by atoms with Gasteiger partial charge in [-0.15, -0.1) is 0 Å². The maximum atomic E-state index is 6.10. The third-order valence-electron chi connectivity index (χ3n) is 2.18. The van der Waals surface area contributed by atoms with Gasteiger partial charge in [-0.25, -0.2) is 9.97 Å². The van der Waals surface area contributed by atoms with E-state index in [4.69, 9.17) is 28.9 Å². The molecule has 0 radical (unpaired) electrons. The van der Waals surface area contributed by atoms with Crippen molar-refractivity contribution < 1.29 is 0 Å². The molecule has 0 fully saturated rings. The standard InChI is InChI=1S/C11H9Cl2N3/c1-6-5-15-11(14)16-10(6)8-3-2-7(12)4-9(8)13/h2-5H,1H3,(H2,14,15,16). The van der Waals surface area contributed by atoms with Crippen LogP contribution in [0, 0.1) is 6.92 Å². The fraction of sp³-hybridized carbons (Fsp3) is 0.0909. The highest BCUT2D eigenvalue weighted by molar-refractivity contribution is 6.36. The molecular weight excluding hydrogens is 245 g/mol. The molecule has 0 bridgehead atoms. The molecule has 3 nitrogen and oxygen atoms in total. The fourth-order valence-electron chi connectivity index (χ4n) is 1.41. The van der Waals surface area contributed by atoms with Gasteiger partial charge in [0.2, 0.25) is 5.95 Å². The summed E-state index contributed by atoms with van der Waals surface area (Å²) in [5.74, 6) is 0.228. The van der Waals surface area contributed by atoms with Crippen LogP contribution in [0.5, 0.6) is 0 Å². The van der Waals surface area contributed by atoms with Crippen molar-refractivity contribution in [1.82, 2.24) is 9.97 Å². The number of anilines is 1. The summed E-state index contributed by atoms with van der Waals surface area (Å²) in [5, 5.41) is 1.14. The molecule has 82 valence electrons. The van der Waals surface area contributed by atoms with Gasteiger partial charge in [-0.2, -0.15) is 0 Å². The molecule has 2 aromatic rings. The number of benzene rings is 1. The third-order valence-corrected chi connectivity index (χ3v) is 2.72. The van der Waals surface area contributed by atoms with Crippen LogP contribution in [-0.2, 0) is 0 Å². The molecular formula is C11H9Cl2N3. The van der Waals surface area contributed by atoms with Gasteiger partial charge in [-0.1, -0.05) is 23.2 Å². The molecule has 1 aromatic carbocycles. The Kier molecular flexibility index (Phi) is 2.99. The van der Waals surface area contributed by atoms with Crippen LogP contribution in [0.15, 0.2) is 24.4 Å². The second kappa shape index (κ2) is 4.28. The third kappa shape index (κ3) is 2.10. The zero-order valence-electron chi connectivity index (χ0n) is 8.54. The quantitative estimate of drug-likeness (QED) is 0.849. The van der Waals surface area contributed by atoms with Crippen LogP contribution in [0.4, 0.5) is 5.95 Å². The topological polar surface area (TPSA) is 51.8 Å². The van der Waals surface area contributed by atoms with E-state index >= 15 is 0 Å². The molecule has 1 heterocycles. The second-order valence-electron chi connectivity index (χ2n) is 3.38. The molecule has 2 N–H and O–H groups in total. The summed E-state index contributed by atoms with van der Waals surface area (Å²) in [5.41, 5.74) is 8.00. The zero-order chi connectivity index (χ0) is 11.7. The number of hydrogen-bond donors (Lipinski definition) is 1. The lowest BCUT2D eigenvalue weighted by Gasteiger charge is -2.07. The molecule has 5 heteroatoms. The smallest absolute Gasteiger partial charge is 0.220 e. The molecule has 0 aliphatic heterocycles. The zero-order valence-corrected chi connectivity index (χ0v) is 10.0. The number of nitrogen functional groups attached to an aromatic ring is 1. The van der Waals surface area contributed by atoms with Crippen LogP contribution >= 0.6 is 23.2 Å². The first-order chi connectivity index (χ1) is 7.58. The van der Waals surface area contributed by atoms with Gasteiger partial charge in [0.25, 0.3) is 0 Å². The molecule has 0 saturated heterocycles. The van der Waals surface area contributed by atoms with Crippen molar-refractivity contribution in [2.75, 3.05) is 5.73 Å². The Balaban J connectivity index is 2.62. The van der Waals surface area contributed by atoms with E-state index in [1.165, 1.54) is 0 Å². The van der Waals surface area contributed by atoms with E-state index < -0.39 is 0 Å². The largest absolute Gasteiger partial charge is 0.368 e. The Morgan fingerprint density at radius 1 is 1.25 bits per heavy atom. The van der Waals surface area contributed by atoms with Crippen LogP contribution in [0.3, 0.4) is 0 Å². The van der Waals surface area contributed by atoms with Gasteiger partial charge in [0.1, 0.15) is 0 Å². The van der Waals surface area contributed by atoms with E-state index in [0.717, 1.165) is 16.8 Å². The first-order valence-corrected chi connectivity index (χ1v) is 5.38. The maximum absolute atomic E-state index is 6.10. The predicted molar refractivity (Wildman–Crippen MR) is 66.6 cm³/mol. The summed E-state index contributed by atoms with van der Waals surface area (Å²) < 4.78 is 0. The molecule has 0 aliphatic rings. The van der Waals surface area contributed by atoms with Gasteiger partial charge >= 0.3 is 0 Å². The van der Waals surface area contributed by atoms with E-state index in [-0.39, 0.29) is 5.95 Å². The maximum Gasteiger partial charge on any atom is 0.220 e. The number of nitrogens with zero attached hydrogens (tertiary/aromatic N) is 2. The number of rotatable bonds is 1. The minimum atomic E-state index is 0.228. The average molecular weight is 254 g/mol. The van der Waals surface area contributed by atoms with Crippen LogP contribution < -0.4 is 5.73 Å². The summed E-state index contributed by atoms with van der Waals surface area (Å²) in [6.07, 6.45) is 1.67. The van der Waals surface area contributed by atoms with Gasteiger partial charge in [0, 0.05) is 16.8 Å². The van der Waals surface area contributed by atoms with Crippen molar-refractivity contribution in [3.63, 3.8) is 0 Å². The molecule has 0 spiro atoms. The van der Waals surface area contributed by atoms with Crippen LogP contribution in [-0.4, -0.2) is 9.97 Å². The van der Waals surface area contributed by atoms with E-state index in [1.807, 2.05) is 13.0 Å². The SMILES string of the molecule is Cc1cnc(N)nc1-c1ccc(Cl)cc1Cl. The first kappa shape index (κ1) is 11.2. The summed E-state index contributed by atoms with van der Waals surface area (Å²) in [6.45, 7) is 1.90. The molecule has 0 atom stereocenters. The molecule has 2 rings (SSSR count). The van der Waals surface area contributed by atoms with Gasteiger partial charge in [-0.3, -0.25) is 0 Å². The molecule has 0 saturated carbocycles. The van der Waals surface area contributed by atoms with Crippen molar-refractivity contribution in [1.29, 1.82) is 0 Å². The van der Waals surface area contributed by atoms with Gasteiger partial charge in [0.05, 0.1) is 10.7 Å². The average Bonchev–Trinajstić information content (AvgIpc) is 2.22. The minimum absolute atomic E-state index is 0.228. The molecule has 0 amide bonds. The van der Waals surface area contributed by atoms with E-state index in [0.29, 0.717) is 10.0 Å². The Bertz CT molecular complexity index is 541. The van der Waals surface area contributed by atoms with Gasteiger partial charge < -0.3 is 5.73 Å². The van der Waals surface area contributed by atoms with Gasteiger partial charge in [0.15, 0.2) is 0 Å². The minimum Gasteiger partial charge on any atom is -0.368 e. The highest BCUT2D eigenvalue weighted by Gasteiger charge is 2.09. The Labute approximate surface area is 103 Å². The van der Waals surface area contributed by atoms with Crippen LogP contribution in [0.1, 0.15) is 5.56 Å². The van der Waals surface area contributed by atoms with Crippen molar-refractivity contribution in [3.8, 4) is 11.3 Å². The van der Waals surface area contributed by atoms with E-state index in [9.17, 15) is 0 Å². The molecule has 0 unspecified atom stereocenters. The lowest BCUT2D eigenvalue weighted by molar-refractivity contribution is 1.15. The summed E-state index contributed by atoms with van der Waals surface area (Å²) in [6, 6.07) is 5.26. The Morgan fingerprint density at radius 3 is 2.69 bits per heavy atom. The Hall–Kier alpha value is -1.32. The van der Waals surface area contributed by atoms with Crippen molar-refractivity contribution in [2.24, 2.45) is 0 Å². The number of halogens is 2. The molecule has 1 aromatic heterocycles. The molecule has 16 heavy (non-hydrogen) atoms. The second-order valence-corrected chi connectivity index (χ2v) is 4.23. The lowest BCUT2D eigenvalue weighted by Crippen LogP contribution is -1.98. The Morgan fingerprint density at radius 2 is 2.00 bits per heavy atom. The van der Waals surface area contributed by atoms with Crippen LogP contribution in [0.25, 0.3) is 11.3 Å². The number of hydrogen-bond acceptors (Lipinski definition) is 3. The highest BCUT2D eigenvalue weighted by atomic mass is 35.5. The van der Waals surface area contributed by atoms with Crippen molar-refractivity contribution in [3.05, 3.63) is 40.0 Å². The first-order valence-electron chi connectivity index (χ1n) is 4.62. The summed E-state index contributed by atoms with van der Waals surface area (Å²) >= 11 is 11.9. The van der Waals surface area contributed by atoms with Crippen molar-refractivity contribution >= 4 is 29.2 Å². The number of nitrogens with two attached hydrogens (primary N) is 1. The lowest BCUT2D eigenvalue weighted by atomic mass is 10.1. The monoisotopic (exact) mass is 253 g/mol. The predicted octanol–water partition coefficient (Wildman–Crippen LogP) is 3.34. The van der Waals surface area contributed by atoms with E-state index in [1.54, 1.807) is 18.3 Å². The normalized spacial score (nSPS) is 10.4. The van der Waals surface area contributed by atoms with Crippen molar-refractivity contribution in [2.45, 2.75) is 6.92 Å². The van der Waals surface area contributed by atoms with E-state index in [2.05, 4.69) is 9.97 Å². The highest BCUT2D eigenvalue weighted by Crippen LogP contribution is 2.30. The number of aromatic nitrogens is 2. The van der Waals surface area contributed by atoms with Gasteiger partial charge in [-0.05, 0) is 30.7 Å². The van der Waals surface area contributed by atoms with Crippen LogP contribution in [0.2, 0.25) is 10.0 Å². The summed E-state index contributed by atoms with van der Waals surface area (Å²) in [7, 11) is 0. The molecule has 0 aliphatic carbocycles.